The fourth-order valence-electron chi connectivity index (χ4n) is 4.57. The van der Waals surface area contributed by atoms with Gasteiger partial charge in [0.15, 0.2) is 0 Å². The average molecular weight is 445 g/mol. The van der Waals surface area contributed by atoms with E-state index in [2.05, 4.69) is 11.4 Å². The van der Waals surface area contributed by atoms with E-state index in [1.54, 1.807) is 4.90 Å². The first kappa shape index (κ1) is 22.3. The molecule has 1 atom stereocenters. The molecule has 0 aliphatic carbocycles. The minimum atomic E-state index is -0.549. The summed E-state index contributed by atoms with van der Waals surface area (Å²) in [5.74, 6) is 1.16. The Hall–Kier alpha value is -1.86. The molecule has 0 radical (unpaired) electrons. The highest BCUT2D eigenvalue weighted by molar-refractivity contribution is 7.99. The van der Waals surface area contributed by atoms with E-state index in [4.69, 9.17) is 4.74 Å². The zero-order valence-corrected chi connectivity index (χ0v) is 18.9. The van der Waals surface area contributed by atoms with E-state index in [-0.39, 0.29) is 24.1 Å². The molecule has 1 aromatic rings. The van der Waals surface area contributed by atoms with Crippen LogP contribution in [0, 0.1) is 5.92 Å². The van der Waals surface area contributed by atoms with Gasteiger partial charge in [-0.25, -0.2) is 0 Å². The van der Waals surface area contributed by atoms with Crippen molar-refractivity contribution in [2.24, 2.45) is 5.92 Å². The summed E-state index contributed by atoms with van der Waals surface area (Å²) in [4.78, 5) is 39.3. The number of ether oxygens (including phenoxy) is 1. The van der Waals surface area contributed by atoms with Gasteiger partial charge in [0, 0.05) is 29.3 Å². The molecule has 0 saturated carbocycles. The number of carbonyl (C=O) groups is 3. The maximum Gasteiger partial charge on any atom is 0.255 e. The Morgan fingerprint density at radius 2 is 1.81 bits per heavy atom. The van der Waals surface area contributed by atoms with Crippen molar-refractivity contribution in [2.75, 3.05) is 19.0 Å². The Morgan fingerprint density at radius 1 is 1.03 bits per heavy atom. The molecule has 3 amide bonds. The predicted molar refractivity (Wildman–Crippen MR) is 120 cm³/mol. The van der Waals surface area contributed by atoms with Crippen LogP contribution in [0.2, 0.25) is 0 Å². The number of imide groups is 1. The van der Waals surface area contributed by atoms with Crippen molar-refractivity contribution in [3.63, 3.8) is 0 Å². The Kier molecular flexibility index (Phi) is 7.67. The largest absolute Gasteiger partial charge is 0.381 e. The number of thioether (sulfide) groups is 1. The van der Waals surface area contributed by atoms with Crippen molar-refractivity contribution in [1.82, 2.24) is 10.2 Å². The number of piperidine rings is 1. The molecule has 31 heavy (non-hydrogen) atoms. The van der Waals surface area contributed by atoms with Crippen LogP contribution in [0.4, 0.5) is 0 Å². The predicted octanol–water partition coefficient (Wildman–Crippen LogP) is 3.92. The maximum absolute atomic E-state index is 12.9. The van der Waals surface area contributed by atoms with Crippen LogP contribution in [-0.4, -0.2) is 47.6 Å². The van der Waals surface area contributed by atoms with E-state index >= 15 is 0 Å². The van der Waals surface area contributed by atoms with Crippen LogP contribution >= 0.6 is 11.8 Å². The number of benzene rings is 1. The van der Waals surface area contributed by atoms with Gasteiger partial charge in [0.1, 0.15) is 6.04 Å². The molecule has 1 aromatic carbocycles. The molecular weight excluding hydrogens is 412 g/mol. The van der Waals surface area contributed by atoms with E-state index in [0.717, 1.165) is 35.3 Å². The number of nitrogens with one attached hydrogen (secondary N) is 1. The Morgan fingerprint density at radius 3 is 2.55 bits per heavy atom. The lowest BCUT2D eigenvalue weighted by molar-refractivity contribution is -0.136. The first-order chi connectivity index (χ1) is 15.1. The van der Waals surface area contributed by atoms with Crippen LogP contribution < -0.4 is 5.32 Å². The third kappa shape index (κ3) is 5.50. The number of carbonyl (C=O) groups excluding carboxylic acids is 3. The number of hydrogen-bond donors (Lipinski definition) is 1. The van der Waals surface area contributed by atoms with Crippen molar-refractivity contribution in [3.8, 4) is 0 Å². The highest BCUT2D eigenvalue weighted by Crippen LogP contribution is 2.34. The standard InChI is InChI=1S/C24H32N2O4S/c27-22-12-11-20(23(28)25-22)26-14-19-18(24(26)29)9-7-10-21(19)31-13-6-4-2-1-3-5-8-17-15-30-16-17/h7,9-10,17,20H,1-6,8,11-16H2,(H,25,27,28). The van der Waals surface area contributed by atoms with Gasteiger partial charge in [-0.15, -0.1) is 11.8 Å². The number of hydrogen-bond acceptors (Lipinski definition) is 5. The molecule has 0 aromatic heterocycles. The third-order valence-corrected chi connectivity index (χ3v) is 7.70. The lowest BCUT2D eigenvalue weighted by Gasteiger charge is -2.29. The molecule has 2 saturated heterocycles. The highest BCUT2D eigenvalue weighted by atomic mass is 32.2. The molecule has 2 fully saturated rings. The molecular formula is C24H32N2O4S. The van der Waals surface area contributed by atoms with E-state index in [9.17, 15) is 14.4 Å². The Labute approximate surface area is 188 Å². The van der Waals surface area contributed by atoms with E-state index in [1.807, 2.05) is 23.9 Å². The summed E-state index contributed by atoms with van der Waals surface area (Å²) < 4.78 is 5.22. The summed E-state index contributed by atoms with van der Waals surface area (Å²) in [5.41, 5.74) is 1.73. The summed E-state index contributed by atoms with van der Waals surface area (Å²) in [6.45, 7) is 2.39. The quantitative estimate of drug-likeness (QED) is 0.318. The van der Waals surface area contributed by atoms with Gasteiger partial charge in [-0.05, 0) is 42.7 Å². The second-order valence-electron chi connectivity index (χ2n) is 8.84. The van der Waals surface area contributed by atoms with Crippen molar-refractivity contribution in [1.29, 1.82) is 0 Å². The normalized spacial score (nSPS) is 21.2. The summed E-state index contributed by atoms with van der Waals surface area (Å²) in [6.07, 6.45) is 9.69. The molecule has 6 nitrogen and oxygen atoms in total. The zero-order chi connectivity index (χ0) is 21.6. The molecule has 3 aliphatic rings. The monoisotopic (exact) mass is 444 g/mol. The number of fused-ring (bicyclic) bond motifs is 1. The SMILES string of the molecule is O=C1CCC(N2Cc3c(SCCCCCCCCC4COC4)cccc3C2=O)C(=O)N1. The molecule has 1 unspecified atom stereocenters. The minimum Gasteiger partial charge on any atom is -0.381 e. The van der Waals surface area contributed by atoms with Gasteiger partial charge in [0.05, 0.1) is 13.2 Å². The molecule has 1 N–H and O–H groups in total. The fourth-order valence-corrected chi connectivity index (χ4v) is 5.66. The van der Waals surface area contributed by atoms with Crippen molar-refractivity contribution in [3.05, 3.63) is 29.3 Å². The fraction of sp³-hybridized carbons (Fsp3) is 0.625. The topological polar surface area (TPSA) is 75.7 Å². The van der Waals surface area contributed by atoms with Crippen LogP contribution in [-0.2, 0) is 20.9 Å². The lowest BCUT2D eigenvalue weighted by atomic mass is 9.99. The Balaban J connectivity index is 1.19. The van der Waals surface area contributed by atoms with E-state index in [0.29, 0.717) is 18.5 Å². The van der Waals surface area contributed by atoms with Crippen molar-refractivity contribution >= 4 is 29.5 Å². The molecule has 0 spiro atoms. The maximum atomic E-state index is 12.9. The summed E-state index contributed by atoms with van der Waals surface area (Å²) in [6, 6.07) is 5.31. The number of amides is 3. The average Bonchev–Trinajstić information content (AvgIpc) is 3.05. The second kappa shape index (κ2) is 10.6. The van der Waals surface area contributed by atoms with Gasteiger partial charge in [-0.1, -0.05) is 38.2 Å². The van der Waals surface area contributed by atoms with Crippen molar-refractivity contribution in [2.45, 2.75) is 75.3 Å². The van der Waals surface area contributed by atoms with E-state index < -0.39 is 6.04 Å². The molecule has 168 valence electrons. The van der Waals surface area contributed by atoms with Crippen LogP contribution in [0.3, 0.4) is 0 Å². The molecule has 7 heteroatoms. The second-order valence-corrected chi connectivity index (χ2v) is 9.98. The molecule has 0 bridgehead atoms. The summed E-state index contributed by atoms with van der Waals surface area (Å²) in [7, 11) is 0. The van der Waals surface area contributed by atoms with Crippen LogP contribution in [0.15, 0.2) is 23.1 Å². The van der Waals surface area contributed by atoms with Gasteiger partial charge in [-0.3, -0.25) is 19.7 Å². The van der Waals surface area contributed by atoms with Gasteiger partial charge >= 0.3 is 0 Å². The zero-order valence-electron chi connectivity index (χ0n) is 18.1. The number of unbranched alkanes of at least 4 members (excludes halogenated alkanes) is 5. The third-order valence-electron chi connectivity index (χ3n) is 6.51. The minimum absolute atomic E-state index is 0.0968. The lowest BCUT2D eigenvalue weighted by Crippen LogP contribution is -2.52. The summed E-state index contributed by atoms with van der Waals surface area (Å²) >= 11 is 1.81. The molecule has 3 aliphatic heterocycles. The van der Waals surface area contributed by atoms with Gasteiger partial charge < -0.3 is 9.64 Å². The van der Waals surface area contributed by atoms with Gasteiger partial charge in [0.25, 0.3) is 5.91 Å². The number of rotatable bonds is 11. The number of nitrogens with zero attached hydrogens (tertiary/aromatic N) is 1. The van der Waals surface area contributed by atoms with Crippen LogP contribution in [0.1, 0.15) is 73.7 Å². The first-order valence-electron chi connectivity index (χ1n) is 11.6. The van der Waals surface area contributed by atoms with Crippen molar-refractivity contribution < 1.29 is 19.1 Å². The van der Waals surface area contributed by atoms with Gasteiger partial charge in [0.2, 0.25) is 11.8 Å². The van der Waals surface area contributed by atoms with Crippen LogP contribution in [0.5, 0.6) is 0 Å². The van der Waals surface area contributed by atoms with Crippen LogP contribution in [0.25, 0.3) is 0 Å². The molecule has 3 heterocycles. The van der Waals surface area contributed by atoms with E-state index in [1.165, 1.54) is 44.9 Å². The molecule has 4 rings (SSSR count). The Bertz CT molecular complexity index is 824. The summed E-state index contributed by atoms with van der Waals surface area (Å²) in [5, 5.41) is 2.36. The smallest absolute Gasteiger partial charge is 0.255 e. The first-order valence-corrected chi connectivity index (χ1v) is 12.6. The highest BCUT2D eigenvalue weighted by Gasteiger charge is 2.39. The van der Waals surface area contributed by atoms with Gasteiger partial charge in [-0.2, -0.15) is 0 Å².